The minimum atomic E-state index is 0.0299. The van der Waals surface area contributed by atoms with Crippen LogP contribution in [-0.4, -0.2) is 21.5 Å². The first-order valence-electron chi connectivity index (χ1n) is 8.89. The molecule has 2 heterocycles. The van der Waals surface area contributed by atoms with Crippen LogP contribution in [0.4, 0.5) is 0 Å². The molecule has 2 aromatic heterocycles. The van der Waals surface area contributed by atoms with Gasteiger partial charge in [0.15, 0.2) is 11.6 Å². The second-order valence-electron chi connectivity index (χ2n) is 6.61. The summed E-state index contributed by atoms with van der Waals surface area (Å²) in [6, 6.07) is 7.46. The molecule has 0 amide bonds. The number of carbonyl (C=O) groups is 2. The van der Waals surface area contributed by atoms with Gasteiger partial charge in [-0.3, -0.25) is 9.59 Å². The number of pyridine rings is 2. The lowest BCUT2D eigenvalue weighted by molar-refractivity contribution is 0.0963. The Morgan fingerprint density at radius 1 is 0.750 bits per heavy atom. The van der Waals surface area contributed by atoms with Crippen molar-refractivity contribution in [3.05, 3.63) is 45.8 Å². The molecule has 6 nitrogen and oxygen atoms in total. The lowest BCUT2D eigenvalue weighted by atomic mass is 9.94. The average Bonchev–Trinajstić information content (AvgIpc) is 2.71. The zero-order chi connectivity index (χ0) is 19.7. The molecule has 0 bridgehead atoms. The van der Waals surface area contributed by atoms with E-state index in [1.54, 1.807) is 12.1 Å². The van der Waals surface area contributed by atoms with Gasteiger partial charge in [0.25, 0.3) is 0 Å². The molecule has 0 fully saturated rings. The highest BCUT2D eigenvalue weighted by Crippen LogP contribution is 2.40. The minimum Gasteiger partial charge on any atom is -0.294 e. The molecule has 28 heavy (non-hydrogen) atoms. The van der Waals surface area contributed by atoms with E-state index in [9.17, 15) is 20.1 Å². The maximum atomic E-state index is 12.1. The van der Waals surface area contributed by atoms with E-state index in [4.69, 9.17) is 0 Å². The van der Waals surface area contributed by atoms with Crippen LogP contribution in [-0.2, 0) is 12.8 Å². The molecular formula is C20H14N4O2S2. The van der Waals surface area contributed by atoms with Gasteiger partial charge in [-0.15, -0.1) is 0 Å². The van der Waals surface area contributed by atoms with Crippen molar-refractivity contribution < 1.29 is 9.59 Å². The van der Waals surface area contributed by atoms with Crippen molar-refractivity contribution in [2.45, 2.75) is 48.6 Å². The first-order valence-corrected chi connectivity index (χ1v) is 11.0. The zero-order valence-corrected chi connectivity index (χ0v) is 16.5. The van der Waals surface area contributed by atoms with Crippen LogP contribution >= 0.6 is 21.6 Å². The predicted molar refractivity (Wildman–Crippen MR) is 104 cm³/mol. The second kappa shape index (κ2) is 7.75. The summed E-state index contributed by atoms with van der Waals surface area (Å²) in [5.41, 5.74) is 3.22. The molecule has 0 atom stereocenters. The van der Waals surface area contributed by atoms with Crippen molar-refractivity contribution in [3.63, 3.8) is 0 Å². The van der Waals surface area contributed by atoms with Crippen molar-refractivity contribution >= 4 is 33.2 Å². The van der Waals surface area contributed by atoms with Crippen molar-refractivity contribution in [1.29, 1.82) is 10.5 Å². The molecule has 0 aromatic carbocycles. The standard InChI is InChI=1S/C20H14N4O2S2/c21-9-11-7-13-15(3-1-5-17(13)25)23-19(11)27-28-20-12(10-22)8-14-16(24-20)4-2-6-18(14)26/h7-8H,1-6H2. The van der Waals surface area contributed by atoms with E-state index in [-0.39, 0.29) is 11.6 Å². The molecule has 0 spiro atoms. The Morgan fingerprint density at radius 3 is 1.57 bits per heavy atom. The molecule has 0 saturated heterocycles. The fraction of sp³-hybridized carbons (Fsp3) is 0.300. The van der Waals surface area contributed by atoms with Crippen LogP contribution in [0.5, 0.6) is 0 Å². The summed E-state index contributed by atoms with van der Waals surface area (Å²) in [7, 11) is 2.51. The molecule has 0 unspecified atom stereocenters. The quantitative estimate of drug-likeness (QED) is 0.702. The normalized spacial score (nSPS) is 15.4. The third-order valence-electron chi connectivity index (χ3n) is 4.81. The van der Waals surface area contributed by atoms with Crippen LogP contribution in [0, 0.1) is 22.7 Å². The smallest absolute Gasteiger partial charge is 0.164 e. The molecular weight excluding hydrogens is 392 g/mol. The van der Waals surface area contributed by atoms with Crippen molar-refractivity contribution in [1.82, 2.24) is 9.97 Å². The summed E-state index contributed by atoms with van der Waals surface area (Å²) in [6.45, 7) is 0. The van der Waals surface area contributed by atoms with Crippen LogP contribution in [0.15, 0.2) is 22.2 Å². The maximum Gasteiger partial charge on any atom is 0.164 e. The van der Waals surface area contributed by atoms with Crippen LogP contribution in [0.1, 0.15) is 68.9 Å². The van der Waals surface area contributed by atoms with Gasteiger partial charge in [0.2, 0.25) is 0 Å². The largest absolute Gasteiger partial charge is 0.294 e. The topological polar surface area (TPSA) is 108 Å². The summed E-state index contributed by atoms with van der Waals surface area (Å²) in [5, 5.41) is 20.0. The van der Waals surface area contributed by atoms with Gasteiger partial charge in [-0.1, -0.05) is 0 Å². The molecule has 0 radical (unpaired) electrons. The first kappa shape index (κ1) is 18.7. The Morgan fingerprint density at radius 2 is 1.18 bits per heavy atom. The number of fused-ring (bicyclic) bond motifs is 2. The summed E-state index contributed by atoms with van der Waals surface area (Å²) >= 11 is 0. The molecule has 0 saturated carbocycles. The van der Waals surface area contributed by atoms with Crippen molar-refractivity contribution in [2.24, 2.45) is 0 Å². The summed E-state index contributed by atoms with van der Waals surface area (Å²) in [6.07, 6.45) is 3.94. The molecule has 2 aliphatic rings. The SMILES string of the molecule is N#Cc1cc2c(nc1SSc1nc3c(cc1C#N)C(=O)CCC3)CCCC2=O. The van der Waals surface area contributed by atoms with E-state index in [2.05, 4.69) is 22.1 Å². The van der Waals surface area contributed by atoms with E-state index in [0.29, 0.717) is 58.0 Å². The number of rotatable bonds is 3. The predicted octanol–water partition coefficient (Wildman–Crippen LogP) is 4.06. The fourth-order valence-corrected chi connectivity index (χ4v) is 5.47. The van der Waals surface area contributed by atoms with E-state index >= 15 is 0 Å². The monoisotopic (exact) mass is 406 g/mol. The van der Waals surface area contributed by atoms with Gasteiger partial charge in [0.05, 0.1) is 22.5 Å². The van der Waals surface area contributed by atoms with E-state index < -0.39 is 0 Å². The Labute approximate surface area is 169 Å². The number of hydrogen-bond donors (Lipinski definition) is 0. The number of nitrogens with zero attached hydrogens (tertiary/aromatic N) is 4. The van der Waals surface area contributed by atoms with Gasteiger partial charge in [-0.05, 0) is 59.4 Å². The fourth-order valence-electron chi connectivity index (χ4n) is 3.40. The summed E-state index contributed by atoms with van der Waals surface area (Å²) < 4.78 is 0. The second-order valence-corrected chi connectivity index (χ2v) is 8.72. The van der Waals surface area contributed by atoms with Crippen LogP contribution in [0.2, 0.25) is 0 Å². The van der Waals surface area contributed by atoms with Crippen LogP contribution in [0.3, 0.4) is 0 Å². The van der Waals surface area contributed by atoms with E-state index in [0.717, 1.165) is 24.2 Å². The third-order valence-corrected chi connectivity index (χ3v) is 7.03. The molecule has 4 rings (SSSR count). The highest BCUT2D eigenvalue weighted by atomic mass is 33.1. The number of Topliss-reactive ketones (excluding diaryl/α,β-unsaturated/α-hetero) is 2. The number of ketones is 2. The molecule has 2 aromatic rings. The molecule has 0 aliphatic heterocycles. The highest BCUT2D eigenvalue weighted by Gasteiger charge is 2.24. The first-order chi connectivity index (χ1) is 13.6. The Balaban J connectivity index is 1.65. The lowest BCUT2D eigenvalue weighted by Crippen LogP contribution is -2.14. The van der Waals surface area contributed by atoms with Crippen LogP contribution in [0.25, 0.3) is 0 Å². The Kier molecular flexibility index (Phi) is 5.17. The minimum absolute atomic E-state index is 0.0299. The van der Waals surface area contributed by atoms with Crippen molar-refractivity contribution in [3.8, 4) is 12.1 Å². The maximum absolute atomic E-state index is 12.1. The molecule has 138 valence electrons. The number of carbonyl (C=O) groups excluding carboxylic acids is 2. The molecule has 2 aliphatic carbocycles. The lowest BCUT2D eigenvalue weighted by Gasteiger charge is -2.16. The van der Waals surface area contributed by atoms with E-state index in [1.165, 1.54) is 21.6 Å². The number of hydrogen-bond acceptors (Lipinski definition) is 8. The summed E-state index contributed by atoms with van der Waals surface area (Å²) in [4.78, 5) is 33.2. The molecule has 0 N–H and O–H groups in total. The highest BCUT2D eigenvalue weighted by molar-refractivity contribution is 8.76. The zero-order valence-electron chi connectivity index (χ0n) is 14.8. The number of aromatic nitrogens is 2. The third kappa shape index (κ3) is 3.42. The van der Waals surface area contributed by atoms with Crippen LogP contribution < -0.4 is 0 Å². The van der Waals surface area contributed by atoms with Gasteiger partial charge < -0.3 is 0 Å². The Bertz CT molecular complexity index is 1010. The van der Waals surface area contributed by atoms with Gasteiger partial charge >= 0.3 is 0 Å². The molecule has 8 heteroatoms. The number of nitriles is 2. The average molecular weight is 406 g/mol. The van der Waals surface area contributed by atoms with Gasteiger partial charge in [0.1, 0.15) is 22.2 Å². The van der Waals surface area contributed by atoms with Gasteiger partial charge in [0, 0.05) is 24.0 Å². The Hall–Kier alpha value is -2.68. The summed E-state index contributed by atoms with van der Waals surface area (Å²) in [5.74, 6) is 0.0597. The van der Waals surface area contributed by atoms with Gasteiger partial charge in [-0.2, -0.15) is 10.5 Å². The van der Waals surface area contributed by atoms with Crippen molar-refractivity contribution in [2.75, 3.05) is 0 Å². The van der Waals surface area contributed by atoms with E-state index in [1.807, 2.05) is 0 Å². The van der Waals surface area contributed by atoms with Gasteiger partial charge in [-0.25, -0.2) is 9.97 Å². The number of aryl methyl sites for hydroxylation is 2.